The Kier molecular flexibility index (Phi) is 13.2. The van der Waals surface area contributed by atoms with Crippen LogP contribution in [0.25, 0.3) is 0 Å². The number of hydrogen-bond acceptors (Lipinski definition) is 14. The Morgan fingerprint density at radius 3 is 2.56 bits per heavy atom. The second kappa shape index (κ2) is 14.9. The topological polar surface area (TPSA) is 247 Å². The number of tetrazole rings is 1. The van der Waals surface area contributed by atoms with Crippen LogP contribution in [0.3, 0.4) is 0 Å². The molecule has 0 radical (unpaired) electrons. The molecular weight excluding hydrogens is 613 g/mol. The summed E-state index contributed by atoms with van der Waals surface area (Å²) in [5, 5.41) is 58.3. The molecule has 4 atom stereocenters. The third-order valence-electron chi connectivity index (χ3n) is 5.48. The molecule has 0 saturated carbocycles. The van der Waals surface area contributed by atoms with Gasteiger partial charge in [-0.2, -0.15) is 5.21 Å². The van der Waals surface area contributed by atoms with Crippen molar-refractivity contribution >= 4 is 53.0 Å². The van der Waals surface area contributed by atoms with Crippen LogP contribution in [0.1, 0.15) is 18.1 Å². The average molecular weight is 628 g/mol. The molecule has 2 aliphatic heterocycles. The van der Waals surface area contributed by atoms with Crippen molar-refractivity contribution in [3.63, 3.8) is 0 Å². The Balaban J connectivity index is 0.00000267. The zero-order chi connectivity index (χ0) is 26.9. The number of nitro benzene ring substituents is 1. The quantitative estimate of drug-likeness (QED) is 0.0728. The minimum atomic E-state index is -1.97. The standard InChI is InChI=1S/C19H17N7O9S2.2K/c27-11(28)5-10(37-19-21-23-24-22-19)8-6-36-17-12(16(31)25(17)13(8)18(32)33)20-15(30)14(29)7-3-1-2-4-9(7)26(34)35;;/h1-4,10,12,14,17,29H,5-6H2,(H,20,30)(H,27,28)(H,32,33)(H,21,22,23,24);;/q;2*+1/p-2/t10?,12?,14?,17-;;/m0../s1. The normalized spacial score (nSPS) is 19.4. The van der Waals surface area contributed by atoms with Gasteiger partial charge in [-0.1, -0.05) is 23.9 Å². The van der Waals surface area contributed by atoms with E-state index in [-0.39, 0.29) is 125 Å². The molecule has 3 N–H and O–H groups in total. The maximum absolute atomic E-state index is 12.9. The molecule has 2 aromatic rings. The molecule has 2 amide bonds. The van der Waals surface area contributed by atoms with Crippen molar-refractivity contribution in [3.8, 4) is 0 Å². The molecule has 0 aliphatic carbocycles. The number of thioether (sulfide) groups is 2. The van der Waals surface area contributed by atoms with Crippen LogP contribution < -0.4 is 118 Å². The number of nitrogens with zero attached hydrogens (tertiary/aromatic N) is 5. The number of rotatable bonds is 10. The van der Waals surface area contributed by atoms with E-state index in [9.17, 15) is 44.6 Å². The number of para-hydroxylation sites is 1. The number of aliphatic hydroxyl groups excluding tert-OH is 1. The summed E-state index contributed by atoms with van der Waals surface area (Å²) in [7, 11) is 0. The first-order valence-corrected chi connectivity index (χ1v) is 12.2. The second-order valence-corrected chi connectivity index (χ2v) is 9.93. The first kappa shape index (κ1) is 34.4. The Labute approximate surface area is 312 Å². The third-order valence-corrected chi connectivity index (χ3v) is 7.90. The van der Waals surface area contributed by atoms with Gasteiger partial charge in [-0.25, -0.2) is 0 Å². The molecule has 4 rings (SSSR count). The van der Waals surface area contributed by atoms with Gasteiger partial charge in [0.15, 0.2) is 6.10 Å². The molecule has 0 bridgehead atoms. The number of H-pyrrole nitrogens is 1. The van der Waals surface area contributed by atoms with Crippen molar-refractivity contribution in [1.82, 2.24) is 30.8 Å². The third kappa shape index (κ3) is 7.56. The fourth-order valence-electron chi connectivity index (χ4n) is 3.85. The number of β-lactam (4-membered cyclic amide) rings is 1. The van der Waals surface area contributed by atoms with E-state index < -0.39 is 69.3 Å². The van der Waals surface area contributed by atoms with Crippen molar-refractivity contribution in [3.05, 3.63) is 51.2 Å². The number of aromatic nitrogens is 4. The fourth-order valence-corrected chi connectivity index (χ4v) is 6.38. The van der Waals surface area contributed by atoms with E-state index >= 15 is 0 Å². The van der Waals surface area contributed by atoms with Crippen LogP contribution in [-0.2, 0) is 19.2 Å². The van der Waals surface area contributed by atoms with Crippen molar-refractivity contribution in [2.75, 3.05) is 5.75 Å². The van der Waals surface area contributed by atoms with Gasteiger partial charge in [-0.15, -0.1) is 22.0 Å². The predicted molar refractivity (Wildman–Crippen MR) is 119 cm³/mol. The number of hydrogen-bond donors (Lipinski definition) is 3. The van der Waals surface area contributed by atoms with Gasteiger partial charge in [0.25, 0.3) is 17.5 Å². The van der Waals surface area contributed by atoms with Gasteiger partial charge in [-0.05, 0) is 16.9 Å². The van der Waals surface area contributed by atoms with E-state index in [1.54, 1.807) is 0 Å². The van der Waals surface area contributed by atoms with Crippen molar-refractivity contribution in [2.24, 2.45) is 0 Å². The van der Waals surface area contributed by atoms with E-state index in [1.165, 1.54) is 18.2 Å². The number of benzene rings is 1. The second-order valence-electron chi connectivity index (χ2n) is 7.65. The van der Waals surface area contributed by atoms with Gasteiger partial charge in [0.2, 0.25) is 5.16 Å². The molecule has 39 heavy (non-hydrogen) atoms. The first-order valence-electron chi connectivity index (χ1n) is 10.3. The van der Waals surface area contributed by atoms with E-state index in [0.717, 1.165) is 34.5 Å². The van der Waals surface area contributed by atoms with Crippen molar-refractivity contribution < 1.29 is 142 Å². The molecule has 1 aromatic heterocycles. The summed E-state index contributed by atoms with van der Waals surface area (Å²) in [6, 6.07) is 3.78. The molecule has 3 heterocycles. The van der Waals surface area contributed by atoms with Crippen LogP contribution in [0.4, 0.5) is 5.69 Å². The van der Waals surface area contributed by atoms with Gasteiger partial charge in [0.05, 0.1) is 22.2 Å². The van der Waals surface area contributed by atoms with Crippen LogP contribution in [0, 0.1) is 10.1 Å². The van der Waals surface area contributed by atoms with Crippen LogP contribution in [0.2, 0.25) is 0 Å². The number of amides is 2. The Bertz CT molecular complexity index is 1310. The molecule has 20 heteroatoms. The minimum absolute atomic E-state index is 0. The molecule has 194 valence electrons. The number of aliphatic carboxylic acids is 2. The van der Waals surface area contributed by atoms with Crippen LogP contribution in [-0.4, -0.2) is 81.7 Å². The molecule has 2 aliphatic rings. The molecule has 0 spiro atoms. The van der Waals surface area contributed by atoms with Gasteiger partial charge in [0.1, 0.15) is 11.4 Å². The first-order chi connectivity index (χ1) is 17.6. The number of aliphatic hydroxyl groups is 1. The van der Waals surface area contributed by atoms with Gasteiger partial charge >= 0.3 is 103 Å². The van der Waals surface area contributed by atoms with E-state index in [1.807, 2.05) is 0 Å². The van der Waals surface area contributed by atoms with Gasteiger partial charge in [0, 0.05) is 29.5 Å². The molecule has 1 aromatic carbocycles. The van der Waals surface area contributed by atoms with Crippen LogP contribution in [0.5, 0.6) is 0 Å². The monoisotopic (exact) mass is 627 g/mol. The largest absolute Gasteiger partial charge is 1.00 e. The number of nitrogens with one attached hydrogen (secondary N) is 2. The summed E-state index contributed by atoms with van der Waals surface area (Å²) < 4.78 is 0. The number of carboxylic acids is 2. The SMILES string of the molecule is O=C([O-])CC(Sc1nn[nH]n1)C1=C(C(=O)[O-])N2C(=O)C(NC(=O)C(O)c3ccccc3[N+](=O)[O-])[C@@H]2SC1.[K+].[K+]. The molecule has 16 nitrogen and oxygen atoms in total. The van der Waals surface area contributed by atoms with Gasteiger partial charge in [-0.3, -0.25) is 24.6 Å². The van der Waals surface area contributed by atoms with Crippen LogP contribution >= 0.6 is 23.5 Å². The van der Waals surface area contributed by atoms with Crippen molar-refractivity contribution in [1.29, 1.82) is 0 Å². The fraction of sp³-hybridized carbons (Fsp3) is 0.316. The summed E-state index contributed by atoms with van der Waals surface area (Å²) in [5.41, 5.74) is -1.28. The maximum atomic E-state index is 12.9. The smallest absolute Gasteiger partial charge is 0.550 e. The number of carbonyl (C=O) groups excluding carboxylic acids is 4. The summed E-state index contributed by atoms with van der Waals surface area (Å²) in [6.45, 7) is 0. The number of aromatic amines is 1. The van der Waals surface area contributed by atoms with Crippen molar-refractivity contribution in [2.45, 2.75) is 34.3 Å². The summed E-state index contributed by atoms with van der Waals surface area (Å²) >= 11 is 1.84. The zero-order valence-corrected chi connectivity index (χ0v) is 28.2. The van der Waals surface area contributed by atoms with E-state index in [4.69, 9.17) is 0 Å². The zero-order valence-electron chi connectivity index (χ0n) is 20.3. The maximum Gasteiger partial charge on any atom is 1.00 e. The molecular formula is C19H15K2N7O9S2. The number of fused-ring (bicyclic) bond motifs is 1. The minimum Gasteiger partial charge on any atom is -0.550 e. The summed E-state index contributed by atoms with van der Waals surface area (Å²) in [6.07, 6.45) is -2.59. The summed E-state index contributed by atoms with van der Waals surface area (Å²) in [5.74, 6) is -5.23. The predicted octanol–water partition coefficient (Wildman–Crippen LogP) is -9.15. The Hall–Kier alpha value is -0.757. The Morgan fingerprint density at radius 1 is 1.28 bits per heavy atom. The van der Waals surface area contributed by atoms with E-state index in [2.05, 4.69) is 25.9 Å². The van der Waals surface area contributed by atoms with E-state index in [0.29, 0.717) is 0 Å². The molecule has 1 saturated heterocycles. The number of carboxylic acid groups (broad SMARTS) is 2. The molecule has 1 fully saturated rings. The van der Waals surface area contributed by atoms with Crippen LogP contribution in [0.15, 0.2) is 40.7 Å². The Morgan fingerprint density at radius 2 is 1.97 bits per heavy atom. The summed E-state index contributed by atoms with van der Waals surface area (Å²) in [4.78, 5) is 60.2. The number of nitro groups is 1. The average Bonchev–Trinajstić information content (AvgIpc) is 3.38. The molecule has 3 unspecified atom stereocenters. The van der Waals surface area contributed by atoms with Gasteiger partial charge < -0.3 is 30.2 Å². The number of carbonyl (C=O) groups is 4.